The van der Waals surface area contributed by atoms with Crippen molar-refractivity contribution in [1.29, 1.82) is 0 Å². The second kappa shape index (κ2) is 5.82. The first-order valence-corrected chi connectivity index (χ1v) is 6.31. The van der Waals surface area contributed by atoms with E-state index in [4.69, 9.17) is 5.73 Å². The Balaban J connectivity index is 3.23. The Morgan fingerprint density at radius 1 is 1.21 bits per heavy atom. The van der Waals surface area contributed by atoms with E-state index < -0.39 is 11.7 Å². The average molecular weight is 274 g/mol. The van der Waals surface area contributed by atoms with Crippen LogP contribution in [0.4, 0.5) is 18.9 Å². The molecule has 0 aliphatic carbocycles. The van der Waals surface area contributed by atoms with Crippen molar-refractivity contribution in [3.8, 4) is 0 Å². The quantitative estimate of drug-likeness (QED) is 0.911. The van der Waals surface area contributed by atoms with Crippen LogP contribution < -0.4 is 10.6 Å². The molecule has 0 heterocycles. The molecule has 0 spiro atoms. The van der Waals surface area contributed by atoms with Crippen LogP contribution in [0.3, 0.4) is 0 Å². The van der Waals surface area contributed by atoms with Crippen LogP contribution in [0.15, 0.2) is 18.2 Å². The first-order valence-electron chi connectivity index (χ1n) is 6.31. The lowest BCUT2D eigenvalue weighted by molar-refractivity contribution is -0.138. The summed E-state index contributed by atoms with van der Waals surface area (Å²) in [6, 6.07) is 4.29. The number of benzene rings is 1. The largest absolute Gasteiger partial charge is 0.416 e. The highest BCUT2D eigenvalue weighted by Gasteiger charge is 2.34. The molecule has 0 fully saturated rings. The summed E-state index contributed by atoms with van der Waals surface area (Å²) in [6.45, 7) is 5.57. The van der Waals surface area contributed by atoms with Crippen molar-refractivity contribution in [2.45, 2.75) is 45.5 Å². The highest BCUT2D eigenvalue weighted by atomic mass is 19.4. The van der Waals surface area contributed by atoms with Crippen LogP contribution in [0.25, 0.3) is 0 Å². The fraction of sp³-hybridized carbons (Fsp3) is 0.571. The van der Waals surface area contributed by atoms with E-state index in [0.717, 1.165) is 0 Å². The van der Waals surface area contributed by atoms with E-state index in [0.29, 0.717) is 5.69 Å². The Hall–Kier alpha value is -1.23. The third-order valence-corrected chi connectivity index (χ3v) is 3.12. The molecule has 0 saturated carbocycles. The number of halogens is 3. The molecule has 1 aromatic carbocycles. The number of rotatable bonds is 4. The monoisotopic (exact) mass is 274 g/mol. The van der Waals surface area contributed by atoms with Gasteiger partial charge in [0.15, 0.2) is 0 Å². The molecule has 1 atom stereocenters. The zero-order chi connectivity index (χ0) is 14.8. The van der Waals surface area contributed by atoms with Crippen molar-refractivity contribution >= 4 is 5.69 Å². The molecule has 19 heavy (non-hydrogen) atoms. The number of nitrogens with two attached hydrogens (primary N) is 1. The molecule has 0 bridgehead atoms. The first kappa shape index (κ1) is 15.8. The standard InChI is InChI=1S/C14H21F3N2/c1-9(2)19(4)12-6-5-11(7-10(3)18)13(8-12)14(15,16)17/h5-6,8-10H,7,18H2,1-4H3. The maximum absolute atomic E-state index is 13.1. The summed E-state index contributed by atoms with van der Waals surface area (Å²) in [5.41, 5.74) is 5.84. The molecule has 1 rings (SSSR count). The SMILES string of the molecule is CC(N)Cc1ccc(N(C)C(C)C)cc1C(F)(F)F. The van der Waals surface area contributed by atoms with Gasteiger partial charge >= 0.3 is 6.18 Å². The van der Waals surface area contributed by atoms with Crippen LogP contribution in [0.2, 0.25) is 0 Å². The zero-order valence-electron chi connectivity index (χ0n) is 11.8. The Morgan fingerprint density at radius 3 is 2.21 bits per heavy atom. The van der Waals surface area contributed by atoms with Crippen LogP contribution in [0.1, 0.15) is 31.9 Å². The molecule has 0 aromatic heterocycles. The number of alkyl halides is 3. The van der Waals surface area contributed by atoms with Crippen molar-refractivity contribution in [3.05, 3.63) is 29.3 Å². The molecule has 0 amide bonds. The van der Waals surface area contributed by atoms with Gasteiger partial charge in [0, 0.05) is 24.8 Å². The predicted octanol–water partition coefficient (Wildman–Crippen LogP) is 3.44. The van der Waals surface area contributed by atoms with Crippen LogP contribution in [-0.4, -0.2) is 19.1 Å². The summed E-state index contributed by atoms with van der Waals surface area (Å²) in [7, 11) is 1.78. The molecule has 2 N–H and O–H groups in total. The summed E-state index contributed by atoms with van der Waals surface area (Å²) >= 11 is 0. The van der Waals surface area contributed by atoms with E-state index in [9.17, 15) is 13.2 Å². The van der Waals surface area contributed by atoms with Crippen LogP contribution in [0.5, 0.6) is 0 Å². The zero-order valence-corrected chi connectivity index (χ0v) is 11.8. The van der Waals surface area contributed by atoms with Gasteiger partial charge in [-0.1, -0.05) is 6.07 Å². The second-order valence-electron chi connectivity index (χ2n) is 5.23. The van der Waals surface area contributed by atoms with E-state index in [1.807, 2.05) is 18.7 Å². The first-order chi connectivity index (χ1) is 8.62. The number of hydrogen-bond donors (Lipinski definition) is 1. The predicted molar refractivity (Wildman–Crippen MR) is 72.3 cm³/mol. The Kier molecular flexibility index (Phi) is 4.85. The maximum atomic E-state index is 13.1. The highest BCUT2D eigenvalue weighted by molar-refractivity contribution is 5.52. The topological polar surface area (TPSA) is 29.3 Å². The lowest BCUT2D eigenvalue weighted by Crippen LogP contribution is -2.26. The van der Waals surface area contributed by atoms with Gasteiger partial charge in [0.2, 0.25) is 0 Å². The molecule has 2 nitrogen and oxygen atoms in total. The van der Waals surface area contributed by atoms with E-state index in [2.05, 4.69) is 0 Å². The summed E-state index contributed by atoms with van der Waals surface area (Å²) < 4.78 is 39.3. The van der Waals surface area contributed by atoms with Gasteiger partial charge in [-0.15, -0.1) is 0 Å². The fourth-order valence-electron chi connectivity index (χ4n) is 1.87. The molecule has 5 heteroatoms. The minimum atomic E-state index is -4.35. The molecule has 1 aromatic rings. The average Bonchev–Trinajstić information content (AvgIpc) is 2.26. The highest BCUT2D eigenvalue weighted by Crippen LogP contribution is 2.35. The van der Waals surface area contributed by atoms with Gasteiger partial charge in [0.1, 0.15) is 0 Å². The molecule has 0 aliphatic rings. The van der Waals surface area contributed by atoms with Gasteiger partial charge in [0.25, 0.3) is 0 Å². The fourth-order valence-corrected chi connectivity index (χ4v) is 1.87. The lowest BCUT2D eigenvalue weighted by Gasteiger charge is -2.25. The minimum absolute atomic E-state index is 0.139. The number of anilines is 1. The minimum Gasteiger partial charge on any atom is -0.372 e. The van der Waals surface area contributed by atoms with Gasteiger partial charge in [-0.3, -0.25) is 0 Å². The Labute approximate surface area is 112 Å². The number of hydrogen-bond acceptors (Lipinski definition) is 2. The van der Waals surface area contributed by atoms with Gasteiger partial charge in [-0.05, 0) is 44.9 Å². The summed E-state index contributed by atoms with van der Waals surface area (Å²) in [5, 5.41) is 0. The molecule has 0 radical (unpaired) electrons. The maximum Gasteiger partial charge on any atom is 0.416 e. The smallest absolute Gasteiger partial charge is 0.372 e. The van der Waals surface area contributed by atoms with Crippen LogP contribution >= 0.6 is 0 Å². The normalized spacial score (nSPS) is 13.7. The van der Waals surface area contributed by atoms with Crippen molar-refractivity contribution in [1.82, 2.24) is 0 Å². The Morgan fingerprint density at radius 2 is 1.79 bits per heavy atom. The van der Waals surface area contributed by atoms with E-state index >= 15 is 0 Å². The molecular weight excluding hydrogens is 253 g/mol. The van der Waals surface area contributed by atoms with Crippen molar-refractivity contribution in [2.75, 3.05) is 11.9 Å². The molecule has 1 unspecified atom stereocenters. The second-order valence-corrected chi connectivity index (χ2v) is 5.23. The van der Waals surface area contributed by atoms with Gasteiger partial charge in [-0.25, -0.2) is 0 Å². The molecule has 108 valence electrons. The van der Waals surface area contributed by atoms with Gasteiger partial charge < -0.3 is 10.6 Å². The molecule has 0 saturated heterocycles. The Bertz CT molecular complexity index is 425. The van der Waals surface area contributed by atoms with Crippen LogP contribution in [-0.2, 0) is 12.6 Å². The van der Waals surface area contributed by atoms with Gasteiger partial charge in [-0.2, -0.15) is 13.2 Å². The van der Waals surface area contributed by atoms with Crippen molar-refractivity contribution in [2.24, 2.45) is 5.73 Å². The van der Waals surface area contributed by atoms with Crippen LogP contribution in [0, 0.1) is 0 Å². The van der Waals surface area contributed by atoms with Crippen molar-refractivity contribution in [3.63, 3.8) is 0 Å². The van der Waals surface area contributed by atoms with E-state index in [1.165, 1.54) is 12.1 Å². The van der Waals surface area contributed by atoms with E-state index in [-0.39, 0.29) is 24.1 Å². The lowest BCUT2D eigenvalue weighted by atomic mass is 9.99. The van der Waals surface area contributed by atoms with Gasteiger partial charge in [0.05, 0.1) is 5.56 Å². The van der Waals surface area contributed by atoms with Crippen molar-refractivity contribution < 1.29 is 13.2 Å². The third kappa shape index (κ3) is 4.13. The summed E-state index contributed by atoms with van der Waals surface area (Å²) in [6.07, 6.45) is -4.13. The molecule has 0 aliphatic heterocycles. The summed E-state index contributed by atoms with van der Waals surface area (Å²) in [5.74, 6) is 0. The molecular formula is C14H21F3N2. The third-order valence-electron chi connectivity index (χ3n) is 3.12. The summed E-state index contributed by atoms with van der Waals surface area (Å²) in [4.78, 5) is 1.81. The van der Waals surface area contributed by atoms with E-state index in [1.54, 1.807) is 20.0 Å². The number of nitrogens with zero attached hydrogens (tertiary/aromatic N) is 1.